The van der Waals surface area contributed by atoms with E-state index >= 15 is 0 Å². The maximum atomic E-state index is 5.69. The molecular formula is C84H96N12. The highest BCUT2D eigenvalue weighted by Crippen LogP contribution is 2.35. The highest BCUT2D eigenvalue weighted by molar-refractivity contribution is 6.19. The molecule has 12 heteroatoms. The van der Waals surface area contributed by atoms with Gasteiger partial charge in [-0.05, 0) is 226 Å². The quantitative estimate of drug-likeness (QED) is 0.0401. The lowest BCUT2D eigenvalue weighted by atomic mass is 10.1. The number of fused-ring (bicyclic) bond motifs is 6. The van der Waals surface area contributed by atoms with E-state index in [0.29, 0.717) is 67.3 Å². The Balaban J connectivity index is 1.26. The molecule has 0 N–H and O–H groups in total. The van der Waals surface area contributed by atoms with Gasteiger partial charge in [0.15, 0.2) is 0 Å². The minimum Gasteiger partial charge on any atom is -0.372 e. The molecule has 0 radical (unpaired) electrons. The first-order chi connectivity index (χ1) is 47.0. The lowest BCUT2D eigenvalue weighted by Crippen LogP contribution is -2.21. The standard InChI is InChI=1S/C84H96N12/c1-13-91(14-2)67-43-25-61(26-44-67)37-55-73-74(56-38-62-27-45-68(46-28-62)92(15-3)16-4)86-80-79(85-73)81-83(89-76(58-40-64-31-49-70(50-32-64)94(19-7)20-8)75(87-81)57-39-63-29-47-69(48-30-63)93(17-5)18-6)84-82(80)88-77(59-41-65-33-51-71(52-34-65)95(21-9)22-10)78(90-84)60-42-66-35-53-72(54-36-66)96(23-11)24-12/h25-60H,13-24H2,1-12H3/b55-37+,56-38+,57-39+,58-40+,59-41+,60-42+. The Morgan fingerprint density at radius 3 is 0.396 bits per heavy atom. The van der Waals surface area contributed by atoms with Gasteiger partial charge in [0, 0.05) is 113 Å². The maximum absolute atomic E-state index is 5.69. The van der Waals surface area contributed by atoms with E-state index in [2.05, 4.69) is 331 Å². The van der Waals surface area contributed by atoms with Crippen LogP contribution in [0.4, 0.5) is 34.1 Å². The Morgan fingerprint density at radius 2 is 0.292 bits per heavy atom. The molecule has 10 aromatic rings. The summed E-state index contributed by atoms with van der Waals surface area (Å²) in [4.78, 5) is 48.3. The van der Waals surface area contributed by atoms with Crippen molar-refractivity contribution in [2.24, 2.45) is 0 Å². The first-order valence-corrected chi connectivity index (χ1v) is 34.9. The van der Waals surface area contributed by atoms with Crippen molar-refractivity contribution in [1.29, 1.82) is 0 Å². The van der Waals surface area contributed by atoms with Crippen molar-refractivity contribution < 1.29 is 0 Å². The first kappa shape index (κ1) is 68.7. The van der Waals surface area contributed by atoms with E-state index in [-0.39, 0.29) is 0 Å². The van der Waals surface area contributed by atoms with Crippen molar-refractivity contribution >= 4 is 140 Å². The first-order valence-electron chi connectivity index (χ1n) is 34.9. The van der Waals surface area contributed by atoms with Crippen LogP contribution >= 0.6 is 0 Å². The highest BCUT2D eigenvalue weighted by atomic mass is 15.1. The fraction of sp³-hybridized carbons (Fsp3) is 0.286. The van der Waals surface area contributed by atoms with Gasteiger partial charge in [0.25, 0.3) is 0 Å². The van der Waals surface area contributed by atoms with E-state index in [1.54, 1.807) is 0 Å². The zero-order valence-electron chi connectivity index (χ0n) is 58.6. The third kappa shape index (κ3) is 16.3. The second-order valence-corrected chi connectivity index (χ2v) is 23.7. The Kier molecular flexibility index (Phi) is 23.8. The lowest BCUT2D eigenvalue weighted by Gasteiger charge is -2.20. The van der Waals surface area contributed by atoms with Crippen LogP contribution in [0.5, 0.6) is 0 Å². The van der Waals surface area contributed by atoms with Crippen LogP contribution in [-0.4, -0.2) is 108 Å². The second-order valence-electron chi connectivity index (χ2n) is 23.7. The van der Waals surface area contributed by atoms with Gasteiger partial charge >= 0.3 is 0 Å². The van der Waals surface area contributed by atoms with Gasteiger partial charge in [-0.1, -0.05) is 109 Å². The molecule has 0 amide bonds. The highest BCUT2D eigenvalue weighted by Gasteiger charge is 2.22. The molecule has 3 heterocycles. The SMILES string of the molecule is CCN(CC)c1ccc(/C=C/c2nc3c4nc(/C=C/c5ccc(N(CC)CC)cc5)c(/C=C/c5ccc(N(CC)CC)cc5)nc4c4nc(/C=C/c5ccc(N(CC)CC)cc5)c(/C=C/c5ccc(N(CC)CC)cc5)nc4c3nc2/C=C/c2ccc(N(CC)CC)cc2)cc1. The summed E-state index contributed by atoms with van der Waals surface area (Å²) in [6.07, 6.45) is 25.2. The average molecular weight is 1270 g/mol. The van der Waals surface area contributed by atoms with Crippen molar-refractivity contribution in [1.82, 2.24) is 29.9 Å². The van der Waals surface area contributed by atoms with E-state index in [4.69, 9.17) is 29.9 Å². The normalized spacial score (nSPS) is 12.0. The summed E-state index contributed by atoms with van der Waals surface area (Å²) in [5.74, 6) is 0. The molecular weight excluding hydrogens is 1180 g/mol. The van der Waals surface area contributed by atoms with Crippen LogP contribution in [0, 0.1) is 0 Å². The van der Waals surface area contributed by atoms with Crippen LogP contribution in [0.25, 0.3) is 106 Å². The van der Waals surface area contributed by atoms with Crippen LogP contribution in [-0.2, 0) is 0 Å². The maximum Gasteiger partial charge on any atom is 0.120 e. The van der Waals surface area contributed by atoms with E-state index in [1.807, 2.05) is 0 Å². The summed E-state index contributed by atoms with van der Waals surface area (Å²) >= 11 is 0. The van der Waals surface area contributed by atoms with Crippen LogP contribution in [0.2, 0.25) is 0 Å². The molecule has 12 nitrogen and oxygen atoms in total. The number of hydrogen-bond donors (Lipinski definition) is 0. The molecule has 0 saturated heterocycles. The van der Waals surface area contributed by atoms with Gasteiger partial charge in [-0.15, -0.1) is 0 Å². The summed E-state index contributed by atoms with van der Waals surface area (Å²) in [6.45, 7) is 37.5. The third-order valence-electron chi connectivity index (χ3n) is 18.3. The molecule has 0 fully saturated rings. The Hall–Kier alpha value is -10.2. The smallest absolute Gasteiger partial charge is 0.120 e. The number of benzene rings is 7. The van der Waals surface area contributed by atoms with E-state index in [0.717, 1.165) is 112 Å². The predicted molar refractivity (Wildman–Crippen MR) is 419 cm³/mol. The summed E-state index contributed by atoms with van der Waals surface area (Å²) in [5, 5.41) is 0. The van der Waals surface area contributed by atoms with E-state index in [1.165, 1.54) is 34.1 Å². The Bertz CT molecular complexity index is 3590. The third-order valence-corrected chi connectivity index (χ3v) is 18.3. The molecule has 0 unspecified atom stereocenters. The number of hydrogen-bond acceptors (Lipinski definition) is 12. The van der Waals surface area contributed by atoms with Gasteiger partial charge in [0.1, 0.15) is 33.1 Å². The van der Waals surface area contributed by atoms with Crippen molar-refractivity contribution in [2.75, 3.05) is 108 Å². The molecule has 7 aromatic carbocycles. The fourth-order valence-corrected chi connectivity index (χ4v) is 12.5. The van der Waals surface area contributed by atoms with E-state index < -0.39 is 0 Å². The van der Waals surface area contributed by atoms with Crippen molar-refractivity contribution in [3.8, 4) is 0 Å². The number of nitrogens with zero attached hydrogens (tertiary/aromatic N) is 12. The van der Waals surface area contributed by atoms with Gasteiger partial charge in [-0.25, -0.2) is 29.9 Å². The topological polar surface area (TPSA) is 96.8 Å². The summed E-state index contributed by atoms with van der Waals surface area (Å²) < 4.78 is 0. The zero-order chi connectivity index (χ0) is 67.5. The lowest BCUT2D eigenvalue weighted by molar-refractivity contribution is 0.866. The van der Waals surface area contributed by atoms with Crippen LogP contribution in [0.3, 0.4) is 0 Å². The van der Waals surface area contributed by atoms with Crippen LogP contribution < -0.4 is 29.4 Å². The molecule has 0 saturated carbocycles. The van der Waals surface area contributed by atoms with Crippen molar-refractivity contribution in [2.45, 2.75) is 83.1 Å². The minimum atomic E-state index is 0.566. The minimum absolute atomic E-state index is 0.566. The molecule has 10 rings (SSSR count). The van der Waals surface area contributed by atoms with Crippen LogP contribution in [0.1, 0.15) is 151 Å². The monoisotopic (exact) mass is 1270 g/mol. The van der Waals surface area contributed by atoms with Crippen LogP contribution in [0.15, 0.2) is 146 Å². The van der Waals surface area contributed by atoms with Gasteiger partial charge in [0.05, 0.1) is 34.2 Å². The molecule has 0 atom stereocenters. The molecule has 0 aliphatic carbocycles. The molecule has 0 bridgehead atoms. The summed E-state index contributed by atoms with van der Waals surface area (Å²) in [7, 11) is 0. The summed E-state index contributed by atoms with van der Waals surface area (Å²) in [6, 6.07) is 52.3. The largest absolute Gasteiger partial charge is 0.372 e. The summed E-state index contributed by atoms with van der Waals surface area (Å²) in [5.41, 5.74) is 20.8. The number of rotatable bonds is 30. The van der Waals surface area contributed by atoms with E-state index in [9.17, 15) is 0 Å². The van der Waals surface area contributed by atoms with Gasteiger partial charge in [-0.3, -0.25) is 0 Å². The second kappa shape index (κ2) is 33.3. The number of aromatic nitrogens is 6. The molecule has 0 aliphatic rings. The van der Waals surface area contributed by atoms with Crippen molar-refractivity contribution in [3.05, 3.63) is 213 Å². The Labute approximate surface area is 571 Å². The van der Waals surface area contributed by atoms with Gasteiger partial charge in [-0.2, -0.15) is 0 Å². The Morgan fingerprint density at radius 1 is 0.177 bits per heavy atom. The molecule has 0 spiro atoms. The molecule has 3 aromatic heterocycles. The van der Waals surface area contributed by atoms with Gasteiger partial charge in [0.2, 0.25) is 0 Å². The predicted octanol–water partition coefficient (Wildman–Crippen LogP) is 19.6. The average Bonchev–Trinajstić information content (AvgIpc) is 0.726. The molecule has 0 aliphatic heterocycles. The molecule has 96 heavy (non-hydrogen) atoms. The fourth-order valence-electron chi connectivity index (χ4n) is 12.5. The number of anilines is 6. The van der Waals surface area contributed by atoms with Gasteiger partial charge < -0.3 is 29.4 Å². The zero-order valence-corrected chi connectivity index (χ0v) is 58.6. The molecule has 492 valence electrons. The van der Waals surface area contributed by atoms with Crippen molar-refractivity contribution in [3.63, 3.8) is 0 Å².